The highest BCUT2D eigenvalue weighted by molar-refractivity contribution is 9.09. The molecule has 0 aliphatic heterocycles. The zero-order valence-electron chi connectivity index (χ0n) is 6.60. The fraction of sp³-hybridized carbons (Fsp3) is 1.00. The van der Waals surface area contributed by atoms with Crippen molar-refractivity contribution in [3.05, 3.63) is 0 Å². The molecule has 0 spiro atoms. The van der Waals surface area contributed by atoms with Crippen molar-refractivity contribution in [2.45, 2.75) is 13.8 Å². The van der Waals surface area contributed by atoms with Gasteiger partial charge in [-0.15, -0.1) is 0 Å². The molecule has 3 nitrogen and oxygen atoms in total. The van der Waals surface area contributed by atoms with Crippen LogP contribution in [-0.2, 0) is 13.6 Å². The topological polar surface area (TPSA) is 35.5 Å². The molecule has 0 N–H and O–H groups in total. The highest BCUT2D eigenvalue weighted by Crippen LogP contribution is 2.21. The van der Waals surface area contributed by atoms with E-state index < -0.39 is 13.8 Å². The predicted molar refractivity (Wildman–Crippen MR) is 47.2 cm³/mol. The molecule has 0 bridgehead atoms. The lowest BCUT2D eigenvalue weighted by atomic mass is 10.9. The smallest absolute Gasteiger partial charge is 0.311 e. The summed E-state index contributed by atoms with van der Waals surface area (Å²) in [7, 11) is -2.14. The van der Waals surface area contributed by atoms with Gasteiger partial charge in [-0.2, -0.15) is 0 Å². The third-order valence-corrected chi connectivity index (χ3v) is 1.57. The van der Waals surface area contributed by atoms with Crippen molar-refractivity contribution in [2.24, 2.45) is 0 Å². The van der Waals surface area contributed by atoms with E-state index in [0.717, 1.165) is 0 Å². The Balaban J connectivity index is 0. The van der Waals surface area contributed by atoms with Gasteiger partial charge in [-0.25, -0.2) is 4.39 Å². The Bertz CT molecular complexity index is 85.8. The van der Waals surface area contributed by atoms with E-state index in [9.17, 15) is 8.96 Å². The lowest BCUT2D eigenvalue weighted by molar-refractivity contribution is 0.243. The van der Waals surface area contributed by atoms with Crippen LogP contribution in [0.15, 0.2) is 0 Å². The van der Waals surface area contributed by atoms with Crippen molar-refractivity contribution >= 4 is 24.2 Å². The number of alkyl halides is 2. The van der Waals surface area contributed by atoms with E-state index in [1.54, 1.807) is 13.8 Å². The third kappa shape index (κ3) is 18.0. The number of hydrogen-bond donors (Lipinski definition) is 0. The van der Waals surface area contributed by atoms with Crippen molar-refractivity contribution in [1.82, 2.24) is 0 Å². The molecule has 0 aromatic rings. The van der Waals surface area contributed by atoms with Gasteiger partial charge in [0.15, 0.2) is 0 Å². The fourth-order valence-corrected chi connectivity index (χ4v) is 0.832. The predicted octanol–water partition coefficient (Wildman–Crippen LogP) is 2.76. The first kappa shape index (κ1) is 14.1. The van der Waals surface area contributed by atoms with E-state index in [-0.39, 0.29) is 0 Å². The lowest BCUT2D eigenvalue weighted by Gasteiger charge is -1.97. The first-order valence-electron chi connectivity index (χ1n) is 3.14. The Kier molecular flexibility index (Phi) is 16.9. The maximum Gasteiger partial charge on any atom is 0.319 e. The molecule has 11 heavy (non-hydrogen) atoms. The summed E-state index contributed by atoms with van der Waals surface area (Å²) in [4.78, 5) is 0. The summed E-state index contributed by atoms with van der Waals surface area (Å²) >= 11 is 2.48. The highest BCUT2D eigenvalue weighted by Gasteiger charge is 1.91. The van der Waals surface area contributed by atoms with Crippen molar-refractivity contribution in [3.8, 4) is 0 Å². The van der Waals surface area contributed by atoms with Crippen molar-refractivity contribution in [2.75, 3.05) is 18.8 Å². The second kappa shape index (κ2) is 13.2. The van der Waals surface area contributed by atoms with Crippen LogP contribution < -0.4 is 0 Å². The van der Waals surface area contributed by atoms with Crippen LogP contribution >= 0.6 is 24.2 Å². The first-order valence-corrected chi connectivity index (χ1v) is 5.48. The van der Waals surface area contributed by atoms with Crippen LogP contribution in [0.1, 0.15) is 13.8 Å². The summed E-state index contributed by atoms with van der Waals surface area (Å²) in [5.41, 5.74) is -0.438. The van der Waals surface area contributed by atoms with Crippen LogP contribution in [0.2, 0.25) is 0 Å². The van der Waals surface area contributed by atoms with Crippen LogP contribution in [0.5, 0.6) is 0 Å². The summed E-state index contributed by atoms with van der Waals surface area (Å²) in [5.74, 6) is 0. The summed E-state index contributed by atoms with van der Waals surface area (Å²) in [6.07, 6.45) is 0. The molecule has 0 saturated carbocycles. The molecule has 0 saturated heterocycles. The standard InChI is InChI=1S/C4H11O3P.CH2BrF/c1-3-6-8(5)7-4-2;2-1-3/h8H,3-4H2,1-2H3;1H2. The molecule has 0 atom stereocenters. The van der Waals surface area contributed by atoms with Crippen molar-refractivity contribution in [1.29, 1.82) is 0 Å². The number of hydrogen-bond acceptors (Lipinski definition) is 3. The highest BCUT2D eigenvalue weighted by atomic mass is 79.9. The Labute approximate surface area is 75.3 Å². The summed E-state index contributed by atoms with van der Waals surface area (Å²) in [6.45, 7) is 4.47. The Hall–Kier alpha value is 0.560. The van der Waals surface area contributed by atoms with Crippen LogP contribution in [0.3, 0.4) is 0 Å². The van der Waals surface area contributed by atoms with Crippen LogP contribution in [-0.4, -0.2) is 18.8 Å². The molecular weight excluding hydrogens is 238 g/mol. The molecule has 0 rings (SSSR count). The monoisotopic (exact) mass is 250 g/mol. The molecule has 0 aliphatic carbocycles. The first-order chi connectivity index (χ1) is 5.22. The Morgan fingerprint density at radius 1 is 1.36 bits per heavy atom. The number of halogens is 2. The molecule has 0 unspecified atom stereocenters. The summed E-state index contributed by atoms with van der Waals surface area (Å²) < 4.78 is 29.8. The second-order valence-corrected chi connectivity index (χ2v) is 2.72. The van der Waals surface area contributed by atoms with Gasteiger partial charge in [0.2, 0.25) is 0 Å². The van der Waals surface area contributed by atoms with Gasteiger partial charge in [0.25, 0.3) is 0 Å². The van der Waals surface area contributed by atoms with Gasteiger partial charge in [0, 0.05) is 0 Å². The summed E-state index contributed by atoms with van der Waals surface area (Å²) in [5, 5.41) is 0. The molecule has 0 aromatic carbocycles. The van der Waals surface area contributed by atoms with Gasteiger partial charge >= 0.3 is 8.25 Å². The van der Waals surface area contributed by atoms with Crippen LogP contribution in [0.25, 0.3) is 0 Å². The summed E-state index contributed by atoms with van der Waals surface area (Å²) in [6, 6.07) is 0. The van der Waals surface area contributed by atoms with Gasteiger partial charge in [-0.1, -0.05) is 15.9 Å². The van der Waals surface area contributed by atoms with E-state index in [4.69, 9.17) is 0 Å². The zero-order chi connectivity index (χ0) is 9.11. The molecule has 0 fully saturated rings. The maximum absolute atomic E-state index is 10.4. The largest absolute Gasteiger partial charge is 0.319 e. The van der Waals surface area contributed by atoms with Crippen LogP contribution in [0, 0.1) is 0 Å². The second-order valence-electron chi connectivity index (χ2n) is 1.22. The van der Waals surface area contributed by atoms with Gasteiger partial charge in [-0.05, 0) is 13.8 Å². The van der Waals surface area contributed by atoms with E-state index in [1.807, 2.05) is 0 Å². The molecule has 0 heterocycles. The Morgan fingerprint density at radius 2 is 1.64 bits per heavy atom. The minimum Gasteiger partial charge on any atom is -0.311 e. The molecule has 0 radical (unpaired) electrons. The van der Waals surface area contributed by atoms with Crippen LogP contribution in [0.4, 0.5) is 4.39 Å². The molecule has 0 aliphatic rings. The van der Waals surface area contributed by atoms with Gasteiger partial charge in [0.1, 0.15) is 5.58 Å². The normalized spacial score (nSPS) is 9.18. The SMILES string of the molecule is CCO[PH](=O)OCC.FCBr. The number of rotatable bonds is 4. The average Bonchev–Trinajstić information content (AvgIpc) is 1.90. The average molecular weight is 251 g/mol. The van der Waals surface area contributed by atoms with E-state index in [0.29, 0.717) is 13.2 Å². The van der Waals surface area contributed by atoms with Gasteiger partial charge in [0.05, 0.1) is 13.2 Å². The minimum absolute atomic E-state index is 0.438. The maximum atomic E-state index is 10.4. The third-order valence-electron chi connectivity index (χ3n) is 0.524. The quantitative estimate of drug-likeness (QED) is 0.569. The van der Waals surface area contributed by atoms with Crippen molar-refractivity contribution in [3.63, 3.8) is 0 Å². The molecule has 70 valence electrons. The lowest BCUT2D eigenvalue weighted by Crippen LogP contribution is -1.81. The Morgan fingerprint density at radius 3 is 1.82 bits per heavy atom. The molecule has 6 heteroatoms. The van der Waals surface area contributed by atoms with E-state index in [1.165, 1.54) is 0 Å². The zero-order valence-corrected chi connectivity index (χ0v) is 9.19. The van der Waals surface area contributed by atoms with Gasteiger partial charge in [-0.3, -0.25) is 4.57 Å². The molecule has 0 amide bonds. The van der Waals surface area contributed by atoms with Gasteiger partial charge < -0.3 is 9.05 Å². The minimum atomic E-state index is -2.14. The van der Waals surface area contributed by atoms with E-state index in [2.05, 4.69) is 25.0 Å². The molecule has 0 aromatic heterocycles. The van der Waals surface area contributed by atoms with Crippen molar-refractivity contribution < 1.29 is 18.0 Å². The van der Waals surface area contributed by atoms with E-state index >= 15 is 0 Å². The molecular formula is C5H13BrFO3P. The fourth-order valence-electron chi connectivity index (χ4n) is 0.277.